The second kappa shape index (κ2) is 6.94. The van der Waals surface area contributed by atoms with Crippen LogP contribution in [-0.2, 0) is 4.79 Å². The summed E-state index contributed by atoms with van der Waals surface area (Å²) >= 11 is 0. The van der Waals surface area contributed by atoms with E-state index >= 15 is 0 Å². The van der Waals surface area contributed by atoms with Crippen LogP contribution in [0.3, 0.4) is 0 Å². The molecule has 0 aliphatic carbocycles. The Morgan fingerprint density at radius 2 is 2.00 bits per heavy atom. The largest absolute Gasteiger partial charge is 0.355 e. The number of hydrogen-bond donors (Lipinski definition) is 0. The van der Waals surface area contributed by atoms with Crippen LogP contribution in [0.4, 0.5) is 5.82 Å². The SMILES string of the molecule is CCN(CC)C(=O)C1CCCN(c2cnc3ccccc3n2)C1. The van der Waals surface area contributed by atoms with Crippen molar-refractivity contribution in [2.45, 2.75) is 26.7 Å². The molecule has 122 valence electrons. The van der Waals surface area contributed by atoms with Crippen molar-refractivity contribution < 1.29 is 4.79 Å². The Hall–Kier alpha value is -2.17. The number of carbonyl (C=O) groups is 1. The highest BCUT2D eigenvalue weighted by atomic mass is 16.2. The Labute approximate surface area is 137 Å². The molecule has 1 aliphatic heterocycles. The Bertz CT molecular complexity index is 684. The molecule has 1 saturated heterocycles. The molecule has 1 unspecified atom stereocenters. The molecule has 1 aromatic heterocycles. The van der Waals surface area contributed by atoms with E-state index in [4.69, 9.17) is 4.98 Å². The fourth-order valence-corrected chi connectivity index (χ4v) is 3.28. The molecular formula is C18H24N4O. The minimum atomic E-state index is 0.0666. The number of amides is 1. The van der Waals surface area contributed by atoms with Gasteiger partial charge in [-0.25, -0.2) is 4.98 Å². The van der Waals surface area contributed by atoms with Gasteiger partial charge in [0.05, 0.1) is 23.1 Å². The molecule has 1 amide bonds. The van der Waals surface area contributed by atoms with Gasteiger partial charge in [0.1, 0.15) is 5.82 Å². The molecule has 1 aliphatic rings. The first-order chi connectivity index (χ1) is 11.2. The van der Waals surface area contributed by atoms with E-state index in [1.807, 2.05) is 49.2 Å². The van der Waals surface area contributed by atoms with Crippen LogP contribution in [0, 0.1) is 5.92 Å². The summed E-state index contributed by atoms with van der Waals surface area (Å²) in [6, 6.07) is 7.89. The summed E-state index contributed by atoms with van der Waals surface area (Å²) < 4.78 is 0. The minimum absolute atomic E-state index is 0.0666. The van der Waals surface area contributed by atoms with Gasteiger partial charge in [-0.05, 0) is 38.8 Å². The zero-order valence-corrected chi connectivity index (χ0v) is 13.9. The third-order valence-corrected chi connectivity index (χ3v) is 4.61. The van der Waals surface area contributed by atoms with Crippen LogP contribution in [0.5, 0.6) is 0 Å². The first-order valence-electron chi connectivity index (χ1n) is 8.48. The van der Waals surface area contributed by atoms with E-state index in [2.05, 4.69) is 9.88 Å². The lowest BCUT2D eigenvalue weighted by atomic mass is 9.96. The van der Waals surface area contributed by atoms with Crippen LogP contribution in [-0.4, -0.2) is 47.0 Å². The molecule has 23 heavy (non-hydrogen) atoms. The average molecular weight is 312 g/mol. The summed E-state index contributed by atoms with van der Waals surface area (Å²) in [5.74, 6) is 1.21. The third kappa shape index (κ3) is 3.28. The van der Waals surface area contributed by atoms with Crippen LogP contribution in [0.15, 0.2) is 30.5 Å². The topological polar surface area (TPSA) is 49.3 Å². The van der Waals surface area contributed by atoms with Gasteiger partial charge in [-0.3, -0.25) is 9.78 Å². The monoisotopic (exact) mass is 312 g/mol. The minimum Gasteiger partial charge on any atom is -0.355 e. The molecular weight excluding hydrogens is 288 g/mol. The fourth-order valence-electron chi connectivity index (χ4n) is 3.28. The summed E-state index contributed by atoms with van der Waals surface area (Å²) in [4.78, 5) is 26.0. The maximum atomic E-state index is 12.6. The predicted molar refractivity (Wildman–Crippen MR) is 92.4 cm³/mol. The number of hydrogen-bond acceptors (Lipinski definition) is 4. The molecule has 5 nitrogen and oxygen atoms in total. The molecule has 0 N–H and O–H groups in total. The first kappa shape index (κ1) is 15.7. The van der Waals surface area contributed by atoms with Crippen LogP contribution in [0.1, 0.15) is 26.7 Å². The molecule has 0 spiro atoms. The second-order valence-electron chi connectivity index (χ2n) is 6.01. The van der Waals surface area contributed by atoms with Gasteiger partial charge in [-0.15, -0.1) is 0 Å². The average Bonchev–Trinajstić information content (AvgIpc) is 2.62. The quantitative estimate of drug-likeness (QED) is 0.871. The summed E-state index contributed by atoms with van der Waals surface area (Å²) in [6.07, 6.45) is 3.81. The highest BCUT2D eigenvalue weighted by Crippen LogP contribution is 2.24. The molecule has 0 saturated carbocycles. The molecule has 1 atom stereocenters. The number of fused-ring (bicyclic) bond motifs is 1. The summed E-state index contributed by atoms with van der Waals surface area (Å²) in [6.45, 7) is 7.31. The lowest BCUT2D eigenvalue weighted by molar-refractivity contribution is -0.135. The summed E-state index contributed by atoms with van der Waals surface area (Å²) in [7, 11) is 0. The van der Waals surface area contributed by atoms with Crippen molar-refractivity contribution >= 4 is 22.8 Å². The van der Waals surface area contributed by atoms with Crippen LogP contribution in [0.25, 0.3) is 11.0 Å². The summed E-state index contributed by atoms with van der Waals surface area (Å²) in [5, 5.41) is 0. The van der Waals surface area contributed by atoms with Gasteiger partial charge >= 0.3 is 0 Å². The number of rotatable bonds is 4. The lowest BCUT2D eigenvalue weighted by Crippen LogP contribution is -2.45. The number of piperidine rings is 1. The predicted octanol–water partition coefficient (Wildman–Crippen LogP) is 2.71. The van der Waals surface area contributed by atoms with Crippen LogP contribution >= 0.6 is 0 Å². The Morgan fingerprint density at radius 1 is 1.26 bits per heavy atom. The van der Waals surface area contributed by atoms with E-state index in [0.717, 1.165) is 55.9 Å². The van der Waals surface area contributed by atoms with Crippen molar-refractivity contribution in [3.8, 4) is 0 Å². The standard InChI is InChI=1S/C18H24N4O/c1-3-21(4-2)18(23)14-8-7-11-22(13-14)17-12-19-15-9-5-6-10-16(15)20-17/h5-6,9-10,12,14H,3-4,7-8,11,13H2,1-2H3. The first-order valence-corrected chi connectivity index (χ1v) is 8.48. The highest BCUT2D eigenvalue weighted by Gasteiger charge is 2.29. The summed E-state index contributed by atoms with van der Waals surface area (Å²) in [5.41, 5.74) is 1.81. The number of nitrogens with zero attached hydrogens (tertiary/aromatic N) is 4. The molecule has 3 rings (SSSR count). The zero-order chi connectivity index (χ0) is 16.2. The van der Waals surface area contributed by atoms with E-state index in [1.165, 1.54) is 0 Å². The van der Waals surface area contributed by atoms with E-state index < -0.39 is 0 Å². The number of carbonyl (C=O) groups excluding carboxylic acids is 1. The number of anilines is 1. The van der Waals surface area contributed by atoms with Crippen molar-refractivity contribution in [2.24, 2.45) is 5.92 Å². The van der Waals surface area contributed by atoms with E-state index in [-0.39, 0.29) is 11.8 Å². The third-order valence-electron chi connectivity index (χ3n) is 4.61. The van der Waals surface area contributed by atoms with Gasteiger partial charge in [0.25, 0.3) is 0 Å². The van der Waals surface area contributed by atoms with E-state index in [0.29, 0.717) is 0 Å². The van der Waals surface area contributed by atoms with Gasteiger partial charge in [0, 0.05) is 26.2 Å². The molecule has 2 heterocycles. The number of para-hydroxylation sites is 2. The molecule has 5 heteroatoms. The van der Waals surface area contributed by atoms with Gasteiger partial charge in [-0.1, -0.05) is 12.1 Å². The molecule has 0 bridgehead atoms. The van der Waals surface area contributed by atoms with E-state index in [9.17, 15) is 4.79 Å². The van der Waals surface area contributed by atoms with Gasteiger partial charge in [-0.2, -0.15) is 0 Å². The Morgan fingerprint density at radius 3 is 2.74 bits per heavy atom. The molecule has 0 radical (unpaired) electrons. The smallest absolute Gasteiger partial charge is 0.227 e. The number of aromatic nitrogens is 2. The maximum Gasteiger partial charge on any atom is 0.227 e. The zero-order valence-electron chi connectivity index (χ0n) is 13.9. The normalized spacial score (nSPS) is 18.2. The molecule has 1 aromatic carbocycles. The highest BCUT2D eigenvalue weighted by molar-refractivity contribution is 5.80. The van der Waals surface area contributed by atoms with Crippen molar-refractivity contribution in [1.82, 2.24) is 14.9 Å². The Kier molecular flexibility index (Phi) is 4.74. The molecule has 1 fully saturated rings. The van der Waals surface area contributed by atoms with Gasteiger partial charge in [0.2, 0.25) is 5.91 Å². The number of benzene rings is 1. The second-order valence-corrected chi connectivity index (χ2v) is 6.01. The van der Waals surface area contributed by atoms with Crippen molar-refractivity contribution in [1.29, 1.82) is 0 Å². The maximum absolute atomic E-state index is 12.6. The Balaban J connectivity index is 1.78. The van der Waals surface area contributed by atoms with Crippen molar-refractivity contribution in [3.05, 3.63) is 30.5 Å². The van der Waals surface area contributed by atoms with Crippen molar-refractivity contribution in [2.75, 3.05) is 31.1 Å². The van der Waals surface area contributed by atoms with Crippen molar-refractivity contribution in [3.63, 3.8) is 0 Å². The van der Waals surface area contributed by atoms with Crippen LogP contribution < -0.4 is 4.90 Å². The van der Waals surface area contributed by atoms with Gasteiger partial charge in [0.15, 0.2) is 0 Å². The lowest BCUT2D eigenvalue weighted by Gasteiger charge is -2.35. The van der Waals surface area contributed by atoms with Crippen LogP contribution in [0.2, 0.25) is 0 Å². The molecule has 2 aromatic rings. The van der Waals surface area contributed by atoms with E-state index in [1.54, 1.807) is 0 Å². The van der Waals surface area contributed by atoms with Gasteiger partial charge < -0.3 is 9.80 Å². The fraction of sp³-hybridized carbons (Fsp3) is 0.500.